The van der Waals surface area contributed by atoms with Crippen LogP contribution in [0.5, 0.6) is 0 Å². The summed E-state index contributed by atoms with van der Waals surface area (Å²) in [5, 5.41) is 20.7. The summed E-state index contributed by atoms with van der Waals surface area (Å²) in [5.74, 6) is 3.05. The molecule has 0 amide bonds. The van der Waals surface area contributed by atoms with Gasteiger partial charge in [0.1, 0.15) is 0 Å². The molecule has 7 atom stereocenters. The van der Waals surface area contributed by atoms with Crippen molar-refractivity contribution in [1.82, 2.24) is 0 Å². The molecule has 0 saturated heterocycles. The second-order valence-electron chi connectivity index (χ2n) is 11.4. The molecule has 170 valence electrons. The van der Waals surface area contributed by atoms with Crippen LogP contribution in [0.25, 0.3) is 0 Å². The fourth-order valence-corrected chi connectivity index (χ4v) is 6.91. The fourth-order valence-electron chi connectivity index (χ4n) is 6.91. The third kappa shape index (κ3) is 4.80. The fraction of sp³-hybridized carbons (Fsp3) is 0.786. The largest absolute Gasteiger partial charge is 0.392 e. The van der Waals surface area contributed by atoms with E-state index in [-0.39, 0.29) is 5.92 Å². The molecule has 1 unspecified atom stereocenters. The molecule has 0 heterocycles. The molecule has 3 saturated carbocycles. The molecule has 2 heteroatoms. The first-order valence-corrected chi connectivity index (χ1v) is 12.6. The van der Waals surface area contributed by atoms with Crippen molar-refractivity contribution in [2.24, 2.45) is 35.0 Å². The van der Waals surface area contributed by atoms with Crippen LogP contribution < -0.4 is 0 Å². The van der Waals surface area contributed by atoms with E-state index in [0.29, 0.717) is 17.8 Å². The highest BCUT2D eigenvalue weighted by Gasteiger charge is 2.50. The summed E-state index contributed by atoms with van der Waals surface area (Å²) in [6.07, 6.45) is 14.7. The lowest BCUT2D eigenvalue weighted by Gasteiger charge is -2.44. The minimum Gasteiger partial charge on any atom is -0.392 e. The van der Waals surface area contributed by atoms with Crippen molar-refractivity contribution in [3.8, 4) is 0 Å². The number of aliphatic hydroxyl groups excluding tert-OH is 2. The monoisotopic (exact) mass is 414 g/mol. The smallest absolute Gasteiger partial charge is 0.0837 e. The predicted molar refractivity (Wildman–Crippen MR) is 127 cm³/mol. The van der Waals surface area contributed by atoms with Gasteiger partial charge in [-0.1, -0.05) is 78.2 Å². The van der Waals surface area contributed by atoms with Crippen molar-refractivity contribution < 1.29 is 10.2 Å². The van der Waals surface area contributed by atoms with Crippen molar-refractivity contribution >= 4 is 0 Å². The van der Waals surface area contributed by atoms with Crippen molar-refractivity contribution in [3.63, 3.8) is 0 Å². The van der Waals surface area contributed by atoms with E-state index in [2.05, 4.69) is 46.4 Å². The van der Waals surface area contributed by atoms with Crippen LogP contribution in [0.1, 0.15) is 92.4 Å². The van der Waals surface area contributed by atoms with Crippen molar-refractivity contribution in [2.75, 3.05) is 0 Å². The first-order valence-electron chi connectivity index (χ1n) is 12.6. The predicted octanol–water partition coefficient (Wildman–Crippen LogP) is 6.84. The number of aliphatic hydroxyl groups is 2. The Balaban J connectivity index is 1.72. The van der Waals surface area contributed by atoms with Gasteiger partial charge >= 0.3 is 0 Å². The van der Waals surface area contributed by atoms with Gasteiger partial charge in [0.2, 0.25) is 0 Å². The lowest BCUT2D eigenvalue weighted by molar-refractivity contribution is 0.0283. The van der Waals surface area contributed by atoms with Crippen molar-refractivity contribution in [1.29, 1.82) is 0 Å². The third-order valence-corrected chi connectivity index (χ3v) is 8.97. The highest BCUT2D eigenvalue weighted by molar-refractivity contribution is 5.39. The van der Waals surface area contributed by atoms with Gasteiger partial charge in [-0.25, -0.2) is 0 Å². The zero-order valence-corrected chi connectivity index (χ0v) is 20.2. The van der Waals surface area contributed by atoms with Gasteiger partial charge in [-0.3, -0.25) is 0 Å². The summed E-state index contributed by atoms with van der Waals surface area (Å²) in [4.78, 5) is 0. The lowest BCUT2D eigenvalue weighted by atomic mass is 9.60. The maximum Gasteiger partial charge on any atom is 0.0837 e. The molecule has 0 spiro atoms. The maximum atomic E-state index is 10.4. The zero-order valence-electron chi connectivity index (χ0n) is 20.2. The lowest BCUT2D eigenvalue weighted by Crippen LogP contribution is -2.36. The van der Waals surface area contributed by atoms with Gasteiger partial charge in [0.25, 0.3) is 0 Å². The molecule has 3 aliphatic carbocycles. The van der Waals surface area contributed by atoms with Gasteiger partial charge in [0.15, 0.2) is 0 Å². The molecule has 2 N–H and O–H groups in total. The van der Waals surface area contributed by atoms with Crippen LogP contribution in [0, 0.1) is 35.0 Å². The van der Waals surface area contributed by atoms with E-state index in [1.807, 2.05) is 6.92 Å². The molecule has 0 aliphatic heterocycles. The van der Waals surface area contributed by atoms with E-state index in [0.717, 1.165) is 28.9 Å². The van der Waals surface area contributed by atoms with Crippen LogP contribution in [0.4, 0.5) is 0 Å². The van der Waals surface area contributed by atoms with Crippen LogP contribution in [-0.2, 0) is 0 Å². The van der Waals surface area contributed by atoms with E-state index < -0.39 is 12.2 Å². The van der Waals surface area contributed by atoms with Crippen molar-refractivity contribution in [3.05, 3.63) is 35.5 Å². The second-order valence-corrected chi connectivity index (χ2v) is 11.4. The molecule has 2 nitrogen and oxygen atoms in total. The number of rotatable bonds is 6. The summed E-state index contributed by atoms with van der Waals surface area (Å²) in [6.45, 7) is 15.8. The Labute approximate surface area is 185 Å². The van der Waals surface area contributed by atoms with E-state index >= 15 is 0 Å². The summed E-state index contributed by atoms with van der Waals surface area (Å²) in [6, 6.07) is 0. The average molecular weight is 415 g/mol. The molecular formula is C28H46O2. The molecule has 0 aromatic rings. The Hall–Kier alpha value is -0.860. The van der Waals surface area contributed by atoms with Gasteiger partial charge in [0.05, 0.1) is 12.2 Å². The highest BCUT2D eigenvalue weighted by atomic mass is 16.3. The molecule has 30 heavy (non-hydrogen) atoms. The summed E-state index contributed by atoms with van der Waals surface area (Å²) in [7, 11) is 0. The normalized spacial score (nSPS) is 40.9. The van der Waals surface area contributed by atoms with Crippen LogP contribution in [0.3, 0.4) is 0 Å². The van der Waals surface area contributed by atoms with Gasteiger partial charge < -0.3 is 10.2 Å². The Kier molecular flexibility index (Phi) is 7.72. The third-order valence-electron chi connectivity index (χ3n) is 8.97. The number of fused-ring (bicyclic) bond motifs is 1. The van der Waals surface area contributed by atoms with Crippen molar-refractivity contribution in [2.45, 2.75) is 105 Å². The minimum atomic E-state index is -0.627. The Morgan fingerprint density at radius 3 is 2.57 bits per heavy atom. The average Bonchev–Trinajstić information content (AvgIpc) is 3.05. The minimum absolute atomic E-state index is 0.131. The molecule has 3 aliphatic rings. The molecular weight excluding hydrogens is 368 g/mol. The van der Waals surface area contributed by atoms with Crippen LogP contribution in [0.15, 0.2) is 35.5 Å². The standard InChI is InChI=1S/C28H46O2/c1-18(2)9-7-10-19(3)24-14-15-25-22(11-8-16-28(24,25)6)12-13-23-17-26(29)21(5)27(30)20(23)4/h12-13,18-19,21,24-27,29-30H,4,7-11,14-17H2,1-3,5-6H3/b22-12?,23-13-/t19-,21-,24+,25?,26+,27-,28+/m0/s1. The molecule has 0 aromatic heterocycles. The second kappa shape index (κ2) is 9.74. The van der Waals surface area contributed by atoms with Gasteiger partial charge in [-0.2, -0.15) is 0 Å². The van der Waals surface area contributed by atoms with Crippen LogP contribution >= 0.6 is 0 Å². The van der Waals surface area contributed by atoms with Gasteiger partial charge in [0, 0.05) is 5.92 Å². The number of hydrogen-bond donors (Lipinski definition) is 2. The Morgan fingerprint density at radius 1 is 1.13 bits per heavy atom. The molecule has 0 bridgehead atoms. The Morgan fingerprint density at radius 2 is 1.87 bits per heavy atom. The molecule has 3 fully saturated rings. The molecule has 0 aromatic carbocycles. The SMILES string of the molecule is C=C1/C(=C\C=C2CCC[C@@]3(C)C2CC[C@@H]3[C@@H](C)CCCC(C)C)C[C@@H](O)[C@H](C)[C@H]1O. The summed E-state index contributed by atoms with van der Waals surface area (Å²) >= 11 is 0. The first-order chi connectivity index (χ1) is 14.1. The quantitative estimate of drug-likeness (QED) is 0.500. The molecule has 0 radical (unpaired) electrons. The number of allylic oxidation sites excluding steroid dienone is 3. The van der Waals surface area contributed by atoms with E-state index in [1.54, 1.807) is 5.57 Å². The van der Waals surface area contributed by atoms with Gasteiger partial charge in [-0.15, -0.1) is 0 Å². The van der Waals surface area contributed by atoms with E-state index in [1.165, 1.54) is 51.4 Å². The Bertz CT molecular complexity index is 672. The van der Waals surface area contributed by atoms with E-state index in [9.17, 15) is 10.2 Å². The zero-order chi connectivity index (χ0) is 22.1. The summed E-state index contributed by atoms with van der Waals surface area (Å²) < 4.78 is 0. The topological polar surface area (TPSA) is 40.5 Å². The summed E-state index contributed by atoms with van der Waals surface area (Å²) in [5.41, 5.74) is 3.87. The first kappa shape index (κ1) is 23.8. The van der Waals surface area contributed by atoms with Crippen LogP contribution in [-0.4, -0.2) is 22.4 Å². The number of hydrogen-bond acceptors (Lipinski definition) is 2. The molecule has 3 rings (SSSR count). The van der Waals surface area contributed by atoms with Gasteiger partial charge in [-0.05, 0) is 78.8 Å². The van der Waals surface area contributed by atoms with Crippen LogP contribution in [0.2, 0.25) is 0 Å². The van der Waals surface area contributed by atoms with E-state index in [4.69, 9.17) is 0 Å². The highest BCUT2D eigenvalue weighted by Crippen LogP contribution is 2.60. The maximum absolute atomic E-state index is 10.4.